The van der Waals surface area contributed by atoms with Crippen molar-refractivity contribution in [2.24, 2.45) is 0 Å². The normalized spacial score (nSPS) is 14.2. The molecule has 1 aromatic carbocycles. The predicted molar refractivity (Wildman–Crippen MR) is 54.3 cm³/mol. The van der Waals surface area contributed by atoms with Crippen LogP contribution in [0.25, 0.3) is 0 Å². The molecule has 0 atom stereocenters. The van der Waals surface area contributed by atoms with Crippen molar-refractivity contribution in [3.8, 4) is 0 Å². The fourth-order valence-corrected chi connectivity index (χ4v) is 2.59. The first-order chi connectivity index (χ1) is 4.79. The zero-order valence-electron chi connectivity index (χ0n) is 5.32. The molecule has 0 fully saturated rings. The highest BCUT2D eigenvalue weighted by Gasteiger charge is 2.18. The molecule has 0 aliphatic heterocycles. The van der Waals surface area contributed by atoms with E-state index in [0.29, 0.717) is 0 Å². The van der Waals surface area contributed by atoms with Crippen LogP contribution >= 0.6 is 38.5 Å². The van der Waals surface area contributed by atoms with Crippen LogP contribution in [0.3, 0.4) is 0 Å². The third-order valence-corrected chi connectivity index (χ3v) is 3.70. The van der Waals surface area contributed by atoms with Crippen molar-refractivity contribution in [3.63, 3.8) is 0 Å². The van der Waals surface area contributed by atoms with Gasteiger partial charge in [0.1, 0.15) is 0 Å². The van der Waals surface area contributed by atoms with E-state index in [1.807, 2.05) is 0 Å². The minimum absolute atomic E-state index is 1.26. The molecule has 0 amide bonds. The van der Waals surface area contributed by atoms with Crippen molar-refractivity contribution in [1.82, 2.24) is 0 Å². The van der Waals surface area contributed by atoms with E-state index in [2.05, 4.69) is 50.7 Å². The Morgan fingerprint density at radius 3 is 2.40 bits per heavy atom. The smallest absolute Gasteiger partial charge is 0.0210 e. The number of halogens is 2. The van der Waals surface area contributed by atoms with Gasteiger partial charge < -0.3 is 0 Å². The molecule has 2 heteroatoms. The Hall–Kier alpha value is 0.430. The second kappa shape index (κ2) is 2.48. The van der Waals surface area contributed by atoms with E-state index in [9.17, 15) is 0 Å². The van der Waals surface area contributed by atoms with E-state index in [1.165, 1.54) is 26.4 Å². The Morgan fingerprint density at radius 2 is 1.90 bits per heavy atom. The SMILES string of the molecule is Brc1ccc(I)c2c1CC2. The standard InChI is InChI=1S/C8H6BrI/c9-7-3-4-8(10)6-2-1-5(6)7/h3-4H,1-2H2. The van der Waals surface area contributed by atoms with Gasteiger partial charge in [-0.25, -0.2) is 0 Å². The minimum atomic E-state index is 1.26. The average Bonchev–Trinajstić information content (AvgIpc) is 1.78. The fourth-order valence-electron chi connectivity index (χ4n) is 1.25. The third kappa shape index (κ3) is 0.925. The first kappa shape index (κ1) is 7.10. The van der Waals surface area contributed by atoms with Crippen LogP contribution < -0.4 is 0 Å². The molecule has 2 rings (SSSR count). The van der Waals surface area contributed by atoms with Gasteiger partial charge in [-0.1, -0.05) is 15.9 Å². The summed E-state index contributed by atoms with van der Waals surface area (Å²) in [4.78, 5) is 0. The quantitative estimate of drug-likeness (QED) is 0.646. The van der Waals surface area contributed by atoms with Crippen LogP contribution in [0.4, 0.5) is 0 Å². The number of hydrogen-bond acceptors (Lipinski definition) is 0. The van der Waals surface area contributed by atoms with Gasteiger partial charge in [0.05, 0.1) is 0 Å². The Labute approximate surface area is 82.3 Å². The number of hydrogen-bond donors (Lipinski definition) is 0. The molecule has 0 bridgehead atoms. The van der Waals surface area contributed by atoms with Crippen molar-refractivity contribution in [1.29, 1.82) is 0 Å². The van der Waals surface area contributed by atoms with Crippen LogP contribution in [0.5, 0.6) is 0 Å². The van der Waals surface area contributed by atoms with Gasteiger partial charge in [0.15, 0.2) is 0 Å². The van der Waals surface area contributed by atoms with E-state index in [0.717, 1.165) is 0 Å². The second-order valence-electron chi connectivity index (χ2n) is 2.49. The second-order valence-corrected chi connectivity index (χ2v) is 4.50. The molecule has 52 valence electrons. The predicted octanol–water partition coefficient (Wildman–Crippen LogP) is 3.15. The fraction of sp³-hybridized carbons (Fsp3) is 0.250. The molecular formula is C8H6BrI. The Morgan fingerprint density at radius 1 is 1.20 bits per heavy atom. The molecule has 0 nitrogen and oxygen atoms in total. The molecule has 10 heavy (non-hydrogen) atoms. The van der Waals surface area contributed by atoms with Crippen LogP contribution in [0, 0.1) is 3.57 Å². The van der Waals surface area contributed by atoms with E-state index in [1.54, 1.807) is 5.56 Å². The van der Waals surface area contributed by atoms with Crippen molar-refractivity contribution in [2.45, 2.75) is 12.8 Å². The summed E-state index contributed by atoms with van der Waals surface area (Å²) in [6.45, 7) is 0. The van der Waals surface area contributed by atoms with Gasteiger partial charge in [-0.05, 0) is 58.7 Å². The lowest BCUT2D eigenvalue weighted by Gasteiger charge is -2.21. The first-order valence-corrected chi connectivity index (χ1v) is 5.12. The van der Waals surface area contributed by atoms with Gasteiger partial charge in [0.25, 0.3) is 0 Å². The Balaban J connectivity index is 2.66. The molecular weight excluding hydrogens is 303 g/mol. The molecule has 0 heterocycles. The van der Waals surface area contributed by atoms with Crippen molar-refractivity contribution in [2.75, 3.05) is 0 Å². The number of benzene rings is 1. The highest BCUT2D eigenvalue weighted by molar-refractivity contribution is 14.1. The maximum absolute atomic E-state index is 3.53. The summed E-state index contributed by atoms with van der Waals surface area (Å²) < 4.78 is 2.70. The third-order valence-electron chi connectivity index (χ3n) is 1.94. The lowest BCUT2D eigenvalue weighted by molar-refractivity contribution is 0.825. The summed E-state index contributed by atoms with van der Waals surface area (Å²) >= 11 is 5.93. The lowest BCUT2D eigenvalue weighted by Crippen LogP contribution is -2.10. The van der Waals surface area contributed by atoms with Crippen LogP contribution in [-0.2, 0) is 12.8 Å². The topological polar surface area (TPSA) is 0 Å². The van der Waals surface area contributed by atoms with Gasteiger partial charge in [-0.3, -0.25) is 0 Å². The van der Waals surface area contributed by atoms with E-state index < -0.39 is 0 Å². The average molecular weight is 309 g/mol. The van der Waals surface area contributed by atoms with Crippen LogP contribution in [0.1, 0.15) is 11.1 Å². The summed E-state index contributed by atoms with van der Waals surface area (Å²) in [5.74, 6) is 0. The van der Waals surface area contributed by atoms with Gasteiger partial charge >= 0.3 is 0 Å². The molecule has 0 aromatic heterocycles. The maximum atomic E-state index is 3.53. The van der Waals surface area contributed by atoms with Gasteiger partial charge in [0, 0.05) is 8.04 Å². The summed E-state index contributed by atoms with van der Waals surface area (Å²) in [6, 6.07) is 4.31. The minimum Gasteiger partial charge on any atom is -0.0505 e. The van der Waals surface area contributed by atoms with E-state index in [-0.39, 0.29) is 0 Å². The summed E-state index contributed by atoms with van der Waals surface area (Å²) in [5.41, 5.74) is 3.07. The molecule has 0 N–H and O–H groups in total. The number of fused-ring (bicyclic) bond motifs is 1. The Kier molecular flexibility index (Phi) is 1.76. The van der Waals surface area contributed by atoms with Crippen LogP contribution in [-0.4, -0.2) is 0 Å². The molecule has 0 radical (unpaired) electrons. The molecule has 1 aliphatic carbocycles. The summed E-state index contributed by atoms with van der Waals surface area (Å²) in [7, 11) is 0. The van der Waals surface area contributed by atoms with Crippen molar-refractivity contribution >= 4 is 38.5 Å². The largest absolute Gasteiger partial charge is 0.0505 e. The van der Waals surface area contributed by atoms with Crippen molar-refractivity contribution in [3.05, 3.63) is 31.3 Å². The van der Waals surface area contributed by atoms with Gasteiger partial charge in [0.2, 0.25) is 0 Å². The molecule has 1 aliphatic rings. The van der Waals surface area contributed by atoms with Gasteiger partial charge in [-0.15, -0.1) is 0 Å². The zero-order chi connectivity index (χ0) is 7.14. The van der Waals surface area contributed by atoms with Gasteiger partial charge in [-0.2, -0.15) is 0 Å². The van der Waals surface area contributed by atoms with Crippen LogP contribution in [0.2, 0.25) is 0 Å². The van der Waals surface area contributed by atoms with E-state index in [4.69, 9.17) is 0 Å². The van der Waals surface area contributed by atoms with Crippen molar-refractivity contribution < 1.29 is 0 Å². The highest BCUT2D eigenvalue weighted by atomic mass is 127. The molecule has 0 saturated carbocycles. The monoisotopic (exact) mass is 308 g/mol. The molecule has 0 saturated heterocycles. The van der Waals surface area contributed by atoms with Crippen LogP contribution in [0.15, 0.2) is 16.6 Å². The zero-order valence-corrected chi connectivity index (χ0v) is 9.07. The Bertz CT molecular complexity index is 252. The number of rotatable bonds is 0. The first-order valence-electron chi connectivity index (χ1n) is 3.25. The lowest BCUT2D eigenvalue weighted by atomic mass is 9.89. The summed E-state index contributed by atoms with van der Waals surface area (Å²) in [5, 5.41) is 0. The highest BCUT2D eigenvalue weighted by Crippen LogP contribution is 2.33. The maximum Gasteiger partial charge on any atom is 0.0210 e. The summed E-state index contributed by atoms with van der Waals surface area (Å²) in [6.07, 6.45) is 2.53. The molecule has 0 spiro atoms. The molecule has 0 unspecified atom stereocenters. The molecule has 1 aromatic rings. The van der Waals surface area contributed by atoms with E-state index >= 15 is 0 Å².